The summed E-state index contributed by atoms with van der Waals surface area (Å²) in [5.74, 6) is 1.09. The fourth-order valence-electron chi connectivity index (χ4n) is 4.25. The van der Waals surface area contributed by atoms with Crippen molar-refractivity contribution in [1.29, 1.82) is 0 Å². The molecule has 2 fully saturated rings. The van der Waals surface area contributed by atoms with E-state index < -0.39 is 0 Å². The Labute approximate surface area is 144 Å². The second-order valence-corrected chi connectivity index (χ2v) is 7.42. The molecule has 2 aromatic rings. The van der Waals surface area contributed by atoms with Crippen molar-refractivity contribution in [3.05, 3.63) is 30.1 Å². The number of ether oxygens (including phenoxy) is 1. The molecule has 1 N–H and O–H groups in total. The number of nitrogens with zero attached hydrogens (tertiary/aromatic N) is 3. The fourth-order valence-corrected chi connectivity index (χ4v) is 4.25. The maximum atomic E-state index is 5.87. The fraction of sp³-hybridized carbons (Fsp3) is 0.632. The van der Waals surface area contributed by atoms with E-state index in [-0.39, 0.29) is 0 Å². The molecule has 2 saturated heterocycles. The molecule has 0 radical (unpaired) electrons. The molecular formula is C19H28N4O. The third kappa shape index (κ3) is 3.48. The smallest absolute Gasteiger partial charge is 0.121 e. The van der Waals surface area contributed by atoms with E-state index in [0.717, 1.165) is 49.6 Å². The van der Waals surface area contributed by atoms with Crippen LogP contribution in [0.4, 0.5) is 0 Å². The van der Waals surface area contributed by atoms with E-state index in [4.69, 9.17) is 9.72 Å². The summed E-state index contributed by atoms with van der Waals surface area (Å²) in [5, 5.41) is 0. The van der Waals surface area contributed by atoms with Crippen molar-refractivity contribution < 1.29 is 4.74 Å². The number of imidazole rings is 1. The zero-order valence-corrected chi connectivity index (χ0v) is 14.7. The van der Waals surface area contributed by atoms with Crippen molar-refractivity contribution in [2.45, 2.75) is 51.5 Å². The van der Waals surface area contributed by atoms with Crippen LogP contribution in [0.15, 0.2) is 24.3 Å². The number of rotatable bonds is 3. The van der Waals surface area contributed by atoms with Gasteiger partial charge in [0.25, 0.3) is 0 Å². The molecule has 5 heteroatoms. The van der Waals surface area contributed by atoms with Gasteiger partial charge in [0.1, 0.15) is 5.82 Å². The number of aromatic amines is 1. The summed E-state index contributed by atoms with van der Waals surface area (Å²) in [6.07, 6.45) is 3.23. The molecule has 0 unspecified atom stereocenters. The van der Waals surface area contributed by atoms with Crippen LogP contribution >= 0.6 is 0 Å². The van der Waals surface area contributed by atoms with Gasteiger partial charge >= 0.3 is 0 Å². The molecule has 0 aliphatic carbocycles. The lowest BCUT2D eigenvalue weighted by atomic mass is 10.0. The maximum Gasteiger partial charge on any atom is 0.121 e. The second kappa shape index (κ2) is 6.82. The van der Waals surface area contributed by atoms with Crippen molar-refractivity contribution >= 4 is 11.0 Å². The van der Waals surface area contributed by atoms with Crippen molar-refractivity contribution in [2.24, 2.45) is 0 Å². The van der Waals surface area contributed by atoms with Gasteiger partial charge < -0.3 is 9.72 Å². The molecule has 1 aromatic heterocycles. The highest BCUT2D eigenvalue weighted by Gasteiger charge is 2.30. The standard InChI is InChI=1S/C19H28N4O/c1-14-11-23(12-15(2)24-14)16-7-9-22(10-8-16)13-19-20-17-5-3-4-6-18(17)21-19/h3-6,14-16H,7-13H2,1-2H3,(H,20,21)/t14-,15+. The zero-order valence-electron chi connectivity index (χ0n) is 14.7. The summed E-state index contributed by atoms with van der Waals surface area (Å²) in [5.41, 5.74) is 2.21. The first kappa shape index (κ1) is 16.1. The van der Waals surface area contributed by atoms with Gasteiger partial charge in [0.2, 0.25) is 0 Å². The first-order valence-corrected chi connectivity index (χ1v) is 9.23. The van der Waals surface area contributed by atoms with Crippen LogP contribution in [-0.2, 0) is 11.3 Å². The molecule has 5 nitrogen and oxygen atoms in total. The highest BCUT2D eigenvalue weighted by atomic mass is 16.5. The first-order valence-electron chi connectivity index (χ1n) is 9.23. The van der Waals surface area contributed by atoms with Crippen LogP contribution in [0.2, 0.25) is 0 Å². The Balaban J connectivity index is 1.32. The summed E-state index contributed by atoms with van der Waals surface area (Å²) in [4.78, 5) is 13.3. The molecular weight excluding hydrogens is 300 g/mol. The van der Waals surface area contributed by atoms with Crippen LogP contribution in [0, 0.1) is 0 Å². The number of likely N-dealkylation sites (tertiary alicyclic amines) is 1. The summed E-state index contributed by atoms with van der Waals surface area (Å²) in [6.45, 7) is 9.79. The third-order valence-corrected chi connectivity index (χ3v) is 5.33. The monoisotopic (exact) mass is 328 g/mol. The second-order valence-electron chi connectivity index (χ2n) is 7.42. The van der Waals surface area contributed by atoms with Crippen molar-refractivity contribution in [3.8, 4) is 0 Å². The van der Waals surface area contributed by atoms with Gasteiger partial charge in [0.15, 0.2) is 0 Å². The highest BCUT2D eigenvalue weighted by Crippen LogP contribution is 2.22. The first-order chi connectivity index (χ1) is 11.7. The lowest BCUT2D eigenvalue weighted by Crippen LogP contribution is -2.53. The minimum Gasteiger partial charge on any atom is -0.373 e. The quantitative estimate of drug-likeness (QED) is 0.941. The Morgan fingerprint density at radius 3 is 2.54 bits per heavy atom. The number of H-pyrrole nitrogens is 1. The van der Waals surface area contributed by atoms with Gasteiger partial charge in [0.05, 0.1) is 29.8 Å². The molecule has 0 saturated carbocycles. The molecule has 3 heterocycles. The summed E-state index contributed by atoms with van der Waals surface area (Å²) >= 11 is 0. The summed E-state index contributed by atoms with van der Waals surface area (Å²) in [7, 11) is 0. The minimum absolute atomic E-state index is 0.363. The van der Waals surface area contributed by atoms with Gasteiger partial charge in [-0.1, -0.05) is 12.1 Å². The van der Waals surface area contributed by atoms with E-state index in [1.165, 1.54) is 12.8 Å². The molecule has 0 spiro atoms. The third-order valence-electron chi connectivity index (χ3n) is 5.33. The number of benzene rings is 1. The molecule has 2 aliphatic heterocycles. The Kier molecular flexibility index (Phi) is 4.57. The van der Waals surface area contributed by atoms with Gasteiger partial charge in [-0.3, -0.25) is 9.80 Å². The number of hydrogen-bond acceptors (Lipinski definition) is 4. The zero-order chi connectivity index (χ0) is 16.5. The number of aromatic nitrogens is 2. The largest absolute Gasteiger partial charge is 0.373 e. The summed E-state index contributed by atoms with van der Waals surface area (Å²) < 4.78 is 5.87. The lowest BCUT2D eigenvalue weighted by molar-refractivity contribution is -0.0866. The Bertz CT molecular complexity index is 634. The van der Waals surface area contributed by atoms with Crippen molar-refractivity contribution in [2.75, 3.05) is 26.2 Å². The summed E-state index contributed by atoms with van der Waals surface area (Å²) in [6, 6.07) is 8.98. The van der Waals surface area contributed by atoms with Crippen LogP contribution in [0.3, 0.4) is 0 Å². The SMILES string of the molecule is C[C@@H]1CN(C2CCN(Cc3nc4ccccc4[nH]3)CC2)C[C@H](C)O1. The molecule has 2 aliphatic rings. The lowest BCUT2D eigenvalue weighted by Gasteiger charge is -2.43. The molecule has 130 valence electrons. The Morgan fingerprint density at radius 2 is 1.83 bits per heavy atom. The number of piperidine rings is 1. The number of morpholine rings is 1. The molecule has 0 bridgehead atoms. The van der Waals surface area contributed by atoms with E-state index in [1.54, 1.807) is 0 Å². The van der Waals surface area contributed by atoms with Crippen molar-refractivity contribution in [3.63, 3.8) is 0 Å². The topological polar surface area (TPSA) is 44.4 Å². The number of nitrogens with one attached hydrogen (secondary N) is 1. The molecule has 2 atom stereocenters. The van der Waals surface area contributed by atoms with Gasteiger partial charge in [-0.15, -0.1) is 0 Å². The van der Waals surface area contributed by atoms with Crippen LogP contribution in [-0.4, -0.2) is 64.2 Å². The molecule has 4 rings (SSSR count). The predicted octanol–water partition coefficient (Wildman–Crippen LogP) is 2.64. The van der Waals surface area contributed by atoms with Crippen LogP contribution in [0.1, 0.15) is 32.5 Å². The van der Waals surface area contributed by atoms with Gasteiger partial charge in [0, 0.05) is 32.2 Å². The van der Waals surface area contributed by atoms with E-state index in [2.05, 4.69) is 46.8 Å². The molecule has 24 heavy (non-hydrogen) atoms. The van der Waals surface area contributed by atoms with Crippen LogP contribution < -0.4 is 0 Å². The number of fused-ring (bicyclic) bond motifs is 1. The Morgan fingerprint density at radius 1 is 1.12 bits per heavy atom. The van der Waals surface area contributed by atoms with Gasteiger partial charge in [-0.05, 0) is 38.8 Å². The van der Waals surface area contributed by atoms with Crippen molar-refractivity contribution in [1.82, 2.24) is 19.8 Å². The van der Waals surface area contributed by atoms with E-state index in [0.29, 0.717) is 18.2 Å². The average molecular weight is 328 g/mol. The highest BCUT2D eigenvalue weighted by molar-refractivity contribution is 5.74. The normalized spacial score (nSPS) is 27.8. The molecule has 1 aromatic carbocycles. The van der Waals surface area contributed by atoms with Gasteiger partial charge in [-0.2, -0.15) is 0 Å². The minimum atomic E-state index is 0.363. The number of para-hydroxylation sites is 2. The van der Waals surface area contributed by atoms with Crippen LogP contribution in [0.25, 0.3) is 11.0 Å². The van der Waals surface area contributed by atoms with E-state index in [9.17, 15) is 0 Å². The van der Waals surface area contributed by atoms with E-state index in [1.807, 2.05) is 6.07 Å². The molecule has 0 amide bonds. The average Bonchev–Trinajstić information content (AvgIpc) is 2.97. The van der Waals surface area contributed by atoms with E-state index >= 15 is 0 Å². The predicted molar refractivity (Wildman–Crippen MR) is 96.0 cm³/mol. The maximum absolute atomic E-state index is 5.87. The van der Waals surface area contributed by atoms with Crippen LogP contribution in [0.5, 0.6) is 0 Å². The van der Waals surface area contributed by atoms with Gasteiger partial charge in [-0.25, -0.2) is 4.98 Å². The Hall–Kier alpha value is -1.43. The number of hydrogen-bond donors (Lipinski definition) is 1.